The van der Waals surface area contributed by atoms with E-state index in [0.29, 0.717) is 32.8 Å². The summed E-state index contributed by atoms with van der Waals surface area (Å²) in [6, 6.07) is 11.1. The molecular formula is C20H18N2O7S. The van der Waals surface area contributed by atoms with Crippen molar-refractivity contribution in [1.82, 2.24) is 4.31 Å². The molecule has 0 spiro atoms. The van der Waals surface area contributed by atoms with Crippen LogP contribution in [0.1, 0.15) is 12.5 Å². The predicted octanol–water partition coefficient (Wildman–Crippen LogP) is 1.97. The number of sulfonamides is 1. The van der Waals surface area contributed by atoms with Crippen LogP contribution in [0.4, 0.5) is 5.69 Å². The fourth-order valence-corrected chi connectivity index (χ4v) is 5.04. The van der Waals surface area contributed by atoms with Gasteiger partial charge in [-0.2, -0.15) is 0 Å². The lowest BCUT2D eigenvalue weighted by Crippen LogP contribution is -2.38. The van der Waals surface area contributed by atoms with E-state index in [1.54, 1.807) is 42.5 Å². The zero-order chi connectivity index (χ0) is 21.5. The number of carbonyl (C=O) groups is 2. The van der Waals surface area contributed by atoms with Crippen molar-refractivity contribution in [3.05, 3.63) is 53.6 Å². The van der Waals surface area contributed by atoms with Gasteiger partial charge in [0.15, 0.2) is 11.5 Å². The van der Waals surface area contributed by atoms with E-state index in [2.05, 4.69) is 5.32 Å². The van der Waals surface area contributed by atoms with Crippen molar-refractivity contribution in [2.45, 2.75) is 6.92 Å². The van der Waals surface area contributed by atoms with Crippen LogP contribution in [0.2, 0.25) is 0 Å². The fraction of sp³-hybridized carbons (Fsp3) is 0.200. The maximum atomic E-state index is 13.0. The minimum Gasteiger partial charge on any atom is -0.497 e. The van der Waals surface area contributed by atoms with Gasteiger partial charge in [-0.05, 0) is 48.9 Å². The molecule has 0 unspecified atom stereocenters. The number of anilines is 1. The van der Waals surface area contributed by atoms with E-state index in [1.165, 1.54) is 14.0 Å². The molecule has 2 aliphatic rings. The van der Waals surface area contributed by atoms with Crippen LogP contribution in [0.3, 0.4) is 0 Å². The Bertz CT molecular complexity index is 1170. The van der Waals surface area contributed by atoms with E-state index < -0.39 is 28.4 Å². The molecule has 1 N–H and O–H groups in total. The van der Waals surface area contributed by atoms with Gasteiger partial charge in [-0.15, -0.1) is 0 Å². The minimum absolute atomic E-state index is 0.0519. The van der Waals surface area contributed by atoms with E-state index >= 15 is 0 Å². The number of fused-ring (bicyclic) bond motifs is 1. The summed E-state index contributed by atoms with van der Waals surface area (Å²) in [4.78, 5) is 25.0. The predicted molar refractivity (Wildman–Crippen MR) is 107 cm³/mol. The Kier molecular flexibility index (Phi) is 4.86. The van der Waals surface area contributed by atoms with Crippen LogP contribution >= 0.6 is 0 Å². The second kappa shape index (κ2) is 7.38. The van der Waals surface area contributed by atoms with Gasteiger partial charge in [0.1, 0.15) is 17.2 Å². The van der Waals surface area contributed by atoms with Crippen molar-refractivity contribution >= 4 is 32.4 Å². The summed E-state index contributed by atoms with van der Waals surface area (Å²) < 4.78 is 42.1. The number of rotatable bonds is 5. The monoisotopic (exact) mass is 430 g/mol. The van der Waals surface area contributed by atoms with Crippen molar-refractivity contribution in [3.63, 3.8) is 0 Å². The molecule has 2 aromatic rings. The lowest BCUT2D eigenvalue weighted by Gasteiger charge is -2.16. The number of hydrogen-bond acceptors (Lipinski definition) is 7. The Balaban J connectivity index is 1.53. The van der Waals surface area contributed by atoms with Crippen LogP contribution in [0, 0.1) is 0 Å². The lowest BCUT2D eigenvalue weighted by atomic mass is 10.1. The molecule has 0 saturated carbocycles. The maximum absolute atomic E-state index is 13.0. The van der Waals surface area contributed by atoms with Crippen molar-refractivity contribution in [2.75, 3.05) is 25.8 Å². The third kappa shape index (κ3) is 3.35. The van der Waals surface area contributed by atoms with Crippen LogP contribution < -0.4 is 19.5 Å². The van der Waals surface area contributed by atoms with E-state index in [9.17, 15) is 18.0 Å². The first-order valence-electron chi connectivity index (χ1n) is 8.93. The first kappa shape index (κ1) is 19.8. The zero-order valence-electron chi connectivity index (χ0n) is 16.2. The smallest absolute Gasteiger partial charge is 0.268 e. The lowest BCUT2D eigenvalue weighted by molar-refractivity contribution is -0.126. The van der Waals surface area contributed by atoms with Crippen molar-refractivity contribution < 1.29 is 32.2 Å². The number of ether oxygens (including phenoxy) is 3. The van der Waals surface area contributed by atoms with Crippen LogP contribution in [0.5, 0.6) is 17.2 Å². The number of nitrogens with one attached hydrogen (secondary N) is 1. The zero-order valence-corrected chi connectivity index (χ0v) is 17.0. The molecule has 2 heterocycles. The summed E-state index contributed by atoms with van der Waals surface area (Å²) in [6.45, 7) is 0.869. The highest BCUT2D eigenvalue weighted by Gasteiger charge is 2.43. The highest BCUT2D eigenvalue weighted by molar-refractivity contribution is 7.99. The molecule has 0 fully saturated rings. The van der Waals surface area contributed by atoms with Gasteiger partial charge in [0.2, 0.25) is 12.7 Å². The summed E-state index contributed by atoms with van der Waals surface area (Å²) in [5.74, 6) is 0.182. The van der Waals surface area contributed by atoms with Gasteiger partial charge in [-0.3, -0.25) is 9.59 Å². The minimum atomic E-state index is -4.18. The van der Waals surface area contributed by atoms with Crippen LogP contribution in [0.15, 0.2) is 48.0 Å². The molecule has 0 atom stereocenters. The van der Waals surface area contributed by atoms with Gasteiger partial charge in [0, 0.05) is 17.3 Å². The largest absolute Gasteiger partial charge is 0.497 e. The number of carbonyl (C=O) groups excluding carboxylic acids is 2. The van der Waals surface area contributed by atoms with Gasteiger partial charge in [0.05, 0.1) is 7.11 Å². The van der Waals surface area contributed by atoms with Crippen LogP contribution in [-0.4, -0.2) is 45.0 Å². The molecule has 10 heteroatoms. The third-order valence-electron chi connectivity index (χ3n) is 4.73. The normalized spacial score (nSPS) is 16.7. The SMILES string of the molecule is COc1ccc(C2=C(C)C(=O)N(CC(=O)Nc3ccc4c(c3)OCO4)S2(=O)=O)cc1. The molecule has 2 aromatic carbocycles. The average molecular weight is 430 g/mol. The first-order chi connectivity index (χ1) is 14.3. The third-order valence-corrected chi connectivity index (χ3v) is 6.66. The number of nitrogens with zero attached hydrogens (tertiary/aromatic N) is 1. The van der Waals surface area contributed by atoms with Gasteiger partial charge in [-0.25, -0.2) is 12.7 Å². The van der Waals surface area contributed by atoms with E-state index in [4.69, 9.17) is 14.2 Å². The van der Waals surface area contributed by atoms with Gasteiger partial charge < -0.3 is 19.5 Å². The van der Waals surface area contributed by atoms with E-state index in [1.807, 2.05) is 0 Å². The Morgan fingerprint density at radius 1 is 1.13 bits per heavy atom. The molecular weight excluding hydrogens is 412 g/mol. The standard InChI is InChI=1S/C20H18N2O7S/c1-12-19(13-3-6-15(27-2)7-4-13)30(25,26)22(20(12)24)10-18(23)21-14-5-8-16-17(9-14)29-11-28-16/h3-9H,10-11H2,1-2H3,(H,21,23). The average Bonchev–Trinajstić information content (AvgIpc) is 3.25. The van der Waals surface area contributed by atoms with E-state index in [-0.39, 0.29) is 17.3 Å². The summed E-state index contributed by atoms with van der Waals surface area (Å²) in [5, 5.41) is 2.57. The van der Waals surface area contributed by atoms with Crippen LogP contribution in [-0.2, 0) is 19.6 Å². The van der Waals surface area contributed by atoms with Gasteiger partial charge >= 0.3 is 0 Å². The Morgan fingerprint density at radius 3 is 2.53 bits per heavy atom. The summed E-state index contributed by atoms with van der Waals surface area (Å²) in [7, 11) is -2.68. The quantitative estimate of drug-likeness (QED) is 0.772. The van der Waals surface area contributed by atoms with Crippen molar-refractivity contribution in [2.24, 2.45) is 0 Å². The fourth-order valence-electron chi connectivity index (χ4n) is 3.27. The number of benzene rings is 2. The highest BCUT2D eigenvalue weighted by atomic mass is 32.2. The molecule has 0 radical (unpaired) electrons. The first-order valence-corrected chi connectivity index (χ1v) is 10.4. The number of hydrogen-bond donors (Lipinski definition) is 1. The molecule has 0 aromatic heterocycles. The summed E-state index contributed by atoms with van der Waals surface area (Å²) >= 11 is 0. The Labute approximate surface area is 172 Å². The van der Waals surface area contributed by atoms with Gasteiger partial charge in [-0.1, -0.05) is 0 Å². The van der Waals surface area contributed by atoms with Crippen LogP contribution in [0.25, 0.3) is 4.91 Å². The topological polar surface area (TPSA) is 111 Å². The molecule has 0 bridgehead atoms. The second-order valence-electron chi connectivity index (χ2n) is 6.62. The Morgan fingerprint density at radius 2 is 1.83 bits per heavy atom. The molecule has 2 aliphatic heterocycles. The second-order valence-corrected chi connectivity index (χ2v) is 8.41. The number of methoxy groups -OCH3 is 1. The van der Waals surface area contributed by atoms with Crippen molar-refractivity contribution in [1.29, 1.82) is 0 Å². The maximum Gasteiger partial charge on any atom is 0.268 e. The summed E-state index contributed by atoms with van der Waals surface area (Å²) in [6.07, 6.45) is 0. The molecule has 0 saturated heterocycles. The highest BCUT2D eigenvalue weighted by Crippen LogP contribution is 2.36. The molecule has 9 nitrogen and oxygen atoms in total. The molecule has 2 amide bonds. The molecule has 4 rings (SSSR count). The molecule has 30 heavy (non-hydrogen) atoms. The van der Waals surface area contributed by atoms with Gasteiger partial charge in [0.25, 0.3) is 15.9 Å². The molecule has 156 valence electrons. The molecule has 0 aliphatic carbocycles. The summed E-state index contributed by atoms with van der Waals surface area (Å²) in [5.41, 5.74) is 0.796. The number of amides is 2. The van der Waals surface area contributed by atoms with Crippen molar-refractivity contribution in [3.8, 4) is 17.2 Å². The van der Waals surface area contributed by atoms with E-state index in [0.717, 1.165) is 0 Å². The Hall–Kier alpha value is -3.53.